The van der Waals surface area contributed by atoms with E-state index in [2.05, 4.69) is 10.6 Å². The van der Waals surface area contributed by atoms with Crippen molar-refractivity contribution in [2.75, 3.05) is 33.7 Å². The Kier molecular flexibility index (Phi) is 6.86. The highest BCUT2D eigenvalue weighted by Gasteiger charge is 2.06. The summed E-state index contributed by atoms with van der Waals surface area (Å²) in [7, 11) is 3.29. The van der Waals surface area contributed by atoms with Crippen LogP contribution in [0.25, 0.3) is 0 Å². The first-order chi connectivity index (χ1) is 7.47. The lowest BCUT2D eigenvalue weighted by molar-refractivity contribution is -0.129. The Hall–Kier alpha value is -1.63. The van der Waals surface area contributed by atoms with E-state index in [0.717, 1.165) is 0 Å². The van der Waals surface area contributed by atoms with Crippen molar-refractivity contribution in [1.29, 1.82) is 0 Å². The zero-order valence-corrected chi connectivity index (χ0v) is 9.58. The van der Waals surface area contributed by atoms with Gasteiger partial charge in [0.15, 0.2) is 0 Å². The first kappa shape index (κ1) is 14.4. The highest BCUT2D eigenvalue weighted by Crippen LogP contribution is 1.84. The van der Waals surface area contributed by atoms with Crippen molar-refractivity contribution in [3.8, 4) is 0 Å². The average Bonchev–Trinajstić information content (AvgIpc) is 2.25. The van der Waals surface area contributed by atoms with Gasteiger partial charge in [0.1, 0.15) is 0 Å². The number of carbonyl (C=O) groups is 3. The van der Waals surface area contributed by atoms with E-state index in [4.69, 9.17) is 5.73 Å². The van der Waals surface area contributed by atoms with E-state index in [0.29, 0.717) is 0 Å². The molecule has 3 amide bonds. The fraction of sp³-hybridized carbons (Fsp3) is 0.667. The van der Waals surface area contributed by atoms with Crippen LogP contribution in [0.2, 0.25) is 0 Å². The Morgan fingerprint density at radius 2 is 1.75 bits per heavy atom. The lowest BCUT2D eigenvalue weighted by Crippen LogP contribution is -2.40. The Bertz CT molecular complexity index is 265. The summed E-state index contributed by atoms with van der Waals surface area (Å²) in [5, 5.41) is 4.83. The zero-order valence-electron chi connectivity index (χ0n) is 9.58. The van der Waals surface area contributed by atoms with Crippen molar-refractivity contribution in [3.05, 3.63) is 0 Å². The molecule has 16 heavy (non-hydrogen) atoms. The van der Waals surface area contributed by atoms with E-state index in [-0.39, 0.29) is 43.8 Å². The van der Waals surface area contributed by atoms with Crippen LogP contribution in [0.4, 0.5) is 0 Å². The van der Waals surface area contributed by atoms with E-state index in [1.165, 1.54) is 4.90 Å². The van der Waals surface area contributed by atoms with E-state index in [1.807, 2.05) is 0 Å². The molecule has 0 saturated heterocycles. The van der Waals surface area contributed by atoms with Gasteiger partial charge >= 0.3 is 0 Å². The van der Waals surface area contributed by atoms with Crippen LogP contribution in [0.5, 0.6) is 0 Å². The van der Waals surface area contributed by atoms with Crippen LogP contribution < -0.4 is 16.4 Å². The smallest absolute Gasteiger partial charge is 0.239 e. The van der Waals surface area contributed by atoms with Gasteiger partial charge in [-0.25, -0.2) is 0 Å². The van der Waals surface area contributed by atoms with Gasteiger partial charge in [0.2, 0.25) is 17.7 Å². The van der Waals surface area contributed by atoms with Gasteiger partial charge in [-0.1, -0.05) is 0 Å². The molecule has 0 atom stereocenters. The lowest BCUT2D eigenvalue weighted by Gasteiger charge is -2.10. The summed E-state index contributed by atoms with van der Waals surface area (Å²) in [6, 6.07) is 0. The molecular formula is C9H18N4O3. The summed E-state index contributed by atoms with van der Waals surface area (Å²) in [4.78, 5) is 34.4. The predicted molar refractivity (Wildman–Crippen MR) is 58.4 cm³/mol. The summed E-state index contributed by atoms with van der Waals surface area (Å²) in [5.41, 5.74) is 5.04. The minimum atomic E-state index is -0.389. The summed E-state index contributed by atoms with van der Waals surface area (Å²) in [6.45, 7) is -0.00702. The van der Waals surface area contributed by atoms with Gasteiger partial charge in [-0.2, -0.15) is 0 Å². The molecule has 7 heteroatoms. The van der Waals surface area contributed by atoms with Crippen LogP contribution in [0.15, 0.2) is 0 Å². The minimum Gasteiger partial charge on any atom is -0.354 e. The van der Waals surface area contributed by atoms with Crippen molar-refractivity contribution >= 4 is 17.7 Å². The normalized spacial score (nSPS) is 9.44. The van der Waals surface area contributed by atoms with Crippen LogP contribution in [-0.2, 0) is 14.4 Å². The SMILES string of the molecule is CN(C)C(=O)CCNC(=O)CNC(=O)CN. The van der Waals surface area contributed by atoms with Gasteiger partial charge in [0.25, 0.3) is 0 Å². The van der Waals surface area contributed by atoms with Crippen LogP contribution in [0.3, 0.4) is 0 Å². The Morgan fingerprint density at radius 1 is 1.12 bits per heavy atom. The van der Waals surface area contributed by atoms with E-state index >= 15 is 0 Å². The number of nitrogens with one attached hydrogen (secondary N) is 2. The fourth-order valence-corrected chi connectivity index (χ4v) is 0.846. The van der Waals surface area contributed by atoms with Crippen LogP contribution in [0.1, 0.15) is 6.42 Å². The molecule has 0 radical (unpaired) electrons. The molecule has 0 fully saturated rings. The summed E-state index contributed by atoms with van der Waals surface area (Å²) in [6.07, 6.45) is 0.240. The molecule has 4 N–H and O–H groups in total. The second-order valence-electron chi connectivity index (χ2n) is 3.37. The standard InChI is InChI=1S/C9H18N4O3/c1-13(2)9(16)3-4-11-8(15)6-12-7(14)5-10/h3-6,10H2,1-2H3,(H,11,15)(H,12,14). The third kappa shape index (κ3) is 6.77. The third-order valence-electron chi connectivity index (χ3n) is 1.79. The number of amides is 3. The van der Waals surface area contributed by atoms with Crippen molar-refractivity contribution in [2.45, 2.75) is 6.42 Å². The number of nitrogens with zero attached hydrogens (tertiary/aromatic N) is 1. The van der Waals surface area contributed by atoms with E-state index in [9.17, 15) is 14.4 Å². The molecule has 0 aliphatic heterocycles. The number of nitrogens with two attached hydrogens (primary N) is 1. The van der Waals surface area contributed by atoms with E-state index < -0.39 is 0 Å². The fourth-order valence-electron chi connectivity index (χ4n) is 0.846. The van der Waals surface area contributed by atoms with Gasteiger partial charge in [-0.3, -0.25) is 14.4 Å². The predicted octanol–water partition coefficient (Wildman–Crippen LogP) is -2.34. The maximum Gasteiger partial charge on any atom is 0.239 e. The maximum absolute atomic E-state index is 11.1. The van der Waals surface area contributed by atoms with E-state index in [1.54, 1.807) is 14.1 Å². The highest BCUT2D eigenvalue weighted by atomic mass is 16.2. The minimum absolute atomic E-state index is 0.0636. The molecule has 92 valence electrons. The topological polar surface area (TPSA) is 105 Å². The number of hydrogen-bond donors (Lipinski definition) is 3. The molecule has 0 aromatic rings. The first-order valence-corrected chi connectivity index (χ1v) is 4.91. The molecule has 0 bridgehead atoms. The van der Waals surface area contributed by atoms with Crippen LogP contribution in [-0.4, -0.2) is 56.4 Å². The van der Waals surface area contributed by atoms with Gasteiger partial charge < -0.3 is 21.3 Å². The molecule has 7 nitrogen and oxygen atoms in total. The second-order valence-corrected chi connectivity index (χ2v) is 3.37. The Labute approximate surface area is 94.3 Å². The molecule has 0 aromatic carbocycles. The zero-order chi connectivity index (χ0) is 12.6. The molecule has 0 rings (SSSR count). The monoisotopic (exact) mass is 230 g/mol. The number of rotatable bonds is 6. The Morgan fingerprint density at radius 3 is 2.25 bits per heavy atom. The average molecular weight is 230 g/mol. The van der Waals surface area contributed by atoms with Crippen molar-refractivity contribution in [1.82, 2.24) is 15.5 Å². The van der Waals surface area contributed by atoms with Gasteiger partial charge in [0.05, 0.1) is 13.1 Å². The maximum atomic E-state index is 11.1. The highest BCUT2D eigenvalue weighted by molar-refractivity contribution is 5.85. The summed E-state index contributed by atoms with van der Waals surface area (Å²) < 4.78 is 0. The van der Waals surface area contributed by atoms with Gasteiger partial charge in [-0.15, -0.1) is 0 Å². The quantitative estimate of drug-likeness (QED) is 0.475. The Balaban J connectivity index is 3.59. The molecule has 0 aromatic heterocycles. The summed E-state index contributed by atoms with van der Waals surface area (Å²) >= 11 is 0. The lowest BCUT2D eigenvalue weighted by atomic mass is 10.3. The van der Waals surface area contributed by atoms with Crippen LogP contribution in [0, 0.1) is 0 Å². The van der Waals surface area contributed by atoms with Crippen molar-refractivity contribution < 1.29 is 14.4 Å². The molecule has 0 aliphatic rings. The van der Waals surface area contributed by atoms with Gasteiger partial charge in [0, 0.05) is 27.1 Å². The molecule has 0 unspecified atom stereocenters. The molecule has 0 spiro atoms. The molecular weight excluding hydrogens is 212 g/mol. The first-order valence-electron chi connectivity index (χ1n) is 4.91. The largest absolute Gasteiger partial charge is 0.354 e. The van der Waals surface area contributed by atoms with Crippen molar-refractivity contribution in [2.24, 2.45) is 5.73 Å². The van der Waals surface area contributed by atoms with Crippen LogP contribution >= 0.6 is 0 Å². The number of hydrogen-bond acceptors (Lipinski definition) is 4. The van der Waals surface area contributed by atoms with Gasteiger partial charge in [-0.05, 0) is 0 Å². The molecule has 0 saturated carbocycles. The summed E-state index contributed by atoms with van der Waals surface area (Å²) in [5.74, 6) is -0.792. The number of carbonyl (C=O) groups excluding carboxylic acids is 3. The molecule has 0 heterocycles. The van der Waals surface area contributed by atoms with Crippen molar-refractivity contribution in [3.63, 3.8) is 0 Å². The third-order valence-corrected chi connectivity index (χ3v) is 1.79. The second kappa shape index (κ2) is 7.63. The molecule has 0 aliphatic carbocycles.